The number of benzene rings is 2. The molecule has 1 heterocycles. The average molecular weight is 395 g/mol. The molecule has 152 valence electrons. The first kappa shape index (κ1) is 20.4. The number of imide groups is 1. The minimum atomic E-state index is -1.01. The summed E-state index contributed by atoms with van der Waals surface area (Å²) in [5, 5.41) is 5.47. The number of urea groups is 1. The van der Waals surface area contributed by atoms with Crippen LogP contribution >= 0.6 is 0 Å². The van der Waals surface area contributed by atoms with Gasteiger partial charge in [0.15, 0.2) is 0 Å². The lowest BCUT2D eigenvalue weighted by Gasteiger charge is -2.21. The van der Waals surface area contributed by atoms with Crippen LogP contribution in [-0.4, -0.2) is 41.9 Å². The molecule has 1 atom stereocenters. The van der Waals surface area contributed by atoms with E-state index in [1.54, 1.807) is 14.0 Å². The van der Waals surface area contributed by atoms with Crippen LogP contribution in [-0.2, 0) is 22.6 Å². The highest BCUT2D eigenvalue weighted by molar-refractivity contribution is 6.08. The standard InChI is InChI=1S/C22H25N3O4/c1-22(12-11-16-7-4-3-5-8-16)20(27)25(21(28)24-22)15-19(26)23-14-17-9-6-10-18(13-17)29-2/h3-10,13H,11-12,14-15H2,1-2H3,(H,23,26)(H,24,28)/t22-/m0/s1. The predicted molar refractivity (Wildman–Crippen MR) is 108 cm³/mol. The van der Waals surface area contributed by atoms with Gasteiger partial charge in [-0.15, -0.1) is 0 Å². The van der Waals surface area contributed by atoms with Crippen molar-refractivity contribution in [3.63, 3.8) is 0 Å². The fraction of sp³-hybridized carbons (Fsp3) is 0.318. The Bertz CT molecular complexity index is 900. The van der Waals surface area contributed by atoms with Crippen LogP contribution in [0.2, 0.25) is 0 Å². The Hall–Kier alpha value is -3.35. The molecule has 0 saturated carbocycles. The number of ether oxygens (including phenoxy) is 1. The SMILES string of the molecule is COc1cccc(CNC(=O)CN2C(=O)N[C@@](C)(CCc3ccccc3)C2=O)c1. The Morgan fingerprint density at radius 3 is 2.55 bits per heavy atom. The van der Waals surface area contributed by atoms with E-state index >= 15 is 0 Å². The molecule has 0 radical (unpaired) electrons. The summed E-state index contributed by atoms with van der Waals surface area (Å²) in [6.45, 7) is 1.67. The van der Waals surface area contributed by atoms with Crippen molar-refractivity contribution in [3.8, 4) is 5.75 Å². The van der Waals surface area contributed by atoms with E-state index in [9.17, 15) is 14.4 Å². The van der Waals surface area contributed by atoms with Gasteiger partial charge in [-0.3, -0.25) is 14.5 Å². The molecule has 2 N–H and O–H groups in total. The summed E-state index contributed by atoms with van der Waals surface area (Å²) in [6.07, 6.45) is 1.11. The number of nitrogens with one attached hydrogen (secondary N) is 2. The average Bonchev–Trinajstić information content (AvgIpc) is 2.95. The fourth-order valence-corrected chi connectivity index (χ4v) is 3.28. The van der Waals surface area contributed by atoms with Gasteiger partial charge >= 0.3 is 6.03 Å². The Kier molecular flexibility index (Phi) is 6.16. The Balaban J connectivity index is 1.55. The van der Waals surface area contributed by atoms with Crippen molar-refractivity contribution in [2.45, 2.75) is 31.8 Å². The van der Waals surface area contributed by atoms with Gasteiger partial charge in [-0.1, -0.05) is 42.5 Å². The third kappa shape index (κ3) is 4.93. The van der Waals surface area contributed by atoms with Crippen LogP contribution in [0.15, 0.2) is 54.6 Å². The molecule has 3 rings (SSSR count). The zero-order valence-electron chi connectivity index (χ0n) is 16.6. The molecule has 2 aromatic carbocycles. The Morgan fingerprint density at radius 1 is 1.10 bits per heavy atom. The minimum absolute atomic E-state index is 0.283. The van der Waals surface area contributed by atoms with Crippen LogP contribution in [0.3, 0.4) is 0 Å². The van der Waals surface area contributed by atoms with Crippen LogP contribution < -0.4 is 15.4 Å². The van der Waals surface area contributed by atoms with Gasteiger partial charge in [-0.25, -0.2) is 4.79 Å². The second kappa shape index (κ2) is 8.77. The summed E-state index contributed by atoms with van der Waals surface area (Å²) >= 11 is 0. The van der Waals surface area contributed by atoms with Crippen LogP contribution in [0.25, 0.3) is 0 Å². The third-order valence-electron chi connectivity index (χ3n) is 5.03. The van der Waals surface area contributed by atoms with Gasteiger partial charge in [0.25, 0.3) is 5.91 Å². The van der Waals surface area contributed by atoms with E-state index in [4.69, 9.17) is 4.74 Å². The van der Waals surface area contributed by atoms with Gasteiger partial charge in [0.05, 0.1) is 7.11 Å². The zero-order chi connectivity index (χ0) is 20.9. The van der Waals surface area contributed by atoms with Gasteiger partial charge in [0.1, 0.15) is 17.8 Å². The van der Waals surface area contributed by atoms with Gasteiger partial charge in [0.2, 0.25) is 5.91 Å². The van der Waals surface area contributed by atoms with Crippen LogP contribution in [0, 0.1) is 0 Å². The summed E-state index contributed by atoms with van der Waals surface area (Å²) < 4.78 is 5.16. The maximum Gasteiger partial charge on any atom is 0.325 e. The molecular formula is C22H25N3O4. The highest BCUT2D eigenvalue weighted by atomic mass is 16.5. The van der Waals surface area contributed by atoms with Crippen molar-refractivity contribution in [1.29, 1.82) is 0 Å². The number of rotatable bonds is 8. The van der Waals surface area contributed by atoms with E-state index in [1.165, 1.54) is 0 Å². The van der Waals surface area contributed by atoms with Crippen molar-refractivity contribution in [2.24, 2.45) is 0 Å². The van der Waals surface area contributed by atoms with Crippen molar-refractivity contribution < 1.29 is 19.1 Å². The lowest BCUT2D eigenvalue weighted by molar-refractivity contribution is -0.134. The van der Waals surface area contributed by atoms with E-state index in [-0.39, 0.29) is 19.0 Å². The molecule has 0 aliphatic carbocycles. The molecule has 1 saturated heterocycles. The molecule has 1 fully saturated rings. The number of carbonyl (C=O) groups excluding carboxylic acids is 3. The molecule has 0 unspecified atom stereocenters. The first-order valence-electron chi connectivity index (χ1n) is 9.49. The summed E-state index contributed by atoms with van der Waals surface area (Å²) in [5.74, 6) is -0.0846. The molecule has 1 aliphatic rings. The number of hydrogen-bond acceptors (Lipinski definition) is 4. The lowest BCUT2D eigenvalue weighted by Crippen LogP contribution is -2.45. The summed E-state index contributed by atoms with van der Waals surface area (Å²) in [6, 6.07) is 16.5. The predicted octanol–water partition coefficient (Wildman–Crippen LogP) is 2.25. The van der Waals surface area contributed by atoms with E-state index in [0.29, 0.717) is 18.6 Å². The van der Waals surface area contributed by atoms with Crippen LogP contribution in [0.4, 0.5) is 4.79 Å². The largest absolute Gasteiger partial charge is 0.497 e. The number of aryl methyl sites for hydroxylation is 1. The van der Waals surface area contributed by atoms with Crippen molar-refractivity contribution in [1.82, 2.24) is 15.5 Å². The molecule has 7 heteroatoms. The smallest absolute Gasteiger partial charge is 0.325 e. The van der Waals surface area contributed by atoms with E-state index < -0.39 is 17.5 Å². The molecule has 2 aromatic rings. The molecule has 0 spiro atoms. The van der Waals surface area contributed by atoms with Crippen molar-refractivity contribution in [2.75, 3.05) is 13.7 Å². The van der Waals surface area contributed by atoms with E-state index in [0.717, 1.165) is 16.0 Å². The van der Waals surface area contributed by atoms with Crippen LogP contribution in [0.1, 0.15) is 24.5 Å². The molecule has 4 amide bonds. The molecule has 7 nitrogen and oxygen atoms in total. The first-order chi connectivity index (χ1) is 13.9. The number of carbonyl (C=O) groups is 3. The van der Waals surface area contributed by atoms with Gasteiger partial charge in [-0.2, -0.15) is 0 Å². The highest BCUT2D eigenvalue weighted by Gasteiger charge is 2.47. The Morgan fingerprint density at radius 2 is 1.83 bits per heavy atom. The maximum absolute atomic E-state index is 12.8. The molecule has 0 bridgehead atoms. The van der Waals surface area contributed by atoms with Crippen molar-refractivity contribution in [3.05, 3.63) is 65.7 Å². The van der Waals surface area contributed by atoms with Crippen molar-refractivity contribution >= 4 is 17.8 Å². The number of hydrogen-bond donors (Lipinski definition) is 2. The summed E-state index contributed by atoms with van der Waals surface area (Å²) in [5.41, 5.74) is 0.938. The maximum atomic E-state index is 12.8. The topological polar surface area (TPSA) is 87.7 Å². The fourth-order valence-electron chi connectivity index (χ4n) is 3.28. The number of nitrogens with zero attached hydrogens (tertiary/aromatic N) is 1. The van der Waals surface area contributed by atoms with Gasteiger partial charge in [-0.05, 0) is 43.0 Å². The molecule has 1 aliphatic heterocycles. The van der Waals surface area contributed by atoms with Gasteiger partial charge in [0, 0.05) is 6.54 Å². The number of amides is 4. The second-order valence-electron chi connectivity index (χ2n) is 7.27. The summed E-state index contributed by atoms with van der Waals surface area (Å²) in [4.78, 5) is 38.4. The van der Waals surface area contributed by atoms with E-state index in [1.807, 2.05) is 54.6 Å². The van der Waals surface area contributed by atoms with Crippen LogP contribution in [0.5, 0.6) is 5.75 Å². The number of methoxy groups -OCH3 is 1. The molecular weight excluding hydrogens is 370 g/mol. The summed E-state index contributed by atoms with van der Waals surface area (Å²) in [7, 11) is 1.57. The third-order valence-corrected chi connectivity index (χ3v) is 5.03. The second-order valence-corrected chi connectivity index (χ2v) is 7.27. The quantitative estimate of drug-likeness (QED) is 0.671. The minimum Gasteiger partial charge on any atom is -0.497 e. The highest BCUT2D eigenvalue weighted by Crippen LogP contribution is 2.23. The first-order valence-corrected chi connectivity index (χ1v) is 9.49. The van der Waals surface area contributed by atoms with E-state index in [2.05, 4.69) is 10.6 Å². The molecule has 0 aromatic heterocycles. The lowest BCUT2D eigenvalue weighted by atomic mass is 9.93. The Labute approximate surface area is 170 Å². The normalized spacial score (nSPS) is 18.5. The zero-order valence-corrected chi connectivity index (χ0v) is 16.6. The molecule has 29 heavy (non-hydrogen) atoms. The van der Waals surface area contributed by atoms with Gasteiger partial charge < -0.3 is 15.4 Å². The monoisotopic (exact) mass is 395 g/mol.